The van der Waals surface area contributed by atoms with Gasteiger partial charge in [0.1, 0.15) is 5.75 Å². The van der Waals surface area contributed by atoms with Gasteiger partial charge in [0, 0.05) is 6.54 Å². The summed E-state index contributed by atoms with van der Waals surface area (Å²) in [6.45, 7) is 6.62. The average molecular weight is 328 g/mol. The van der Waals surface area contributed by atoms with E-state index in [-0.39, 0.29) is 11.2 Å². The molecule has 1 heterocycles. The molecular formula is C19H24N2O3. The van der Waals surface area contributed by atoms with Gasteiger partial charge in [0.15, 0.2) is 0 Å². The highest BCUT2D eigenvalue weighted by Gasteiger charge is 2.26. The zero-order valence-electron chi connectivity index (χ0n) is 14.5. The number of aryl methyl sites for hydroxylation is 2. The van der Waals surface area contributed by atoms with Crippen LogP contribution in [0.1, 0.15) is 42.9 Å². The van der Waals surface area contributed by atoms with Crippen LogP contribution in [0, 0.1) is 19.8 Å². The summed E-state index contributed by atoms with van der Waals surface area (Å²) >= 11 is 0. The van der Waals surface area contributed by atoms with E-state index >= 15 is 0 Å². The molecule has 0 amide bonds. The Bertz CT molecular complexity index is 840. The van der Waals surface area contributed by atoms with Crippen molar-refractivity contribution >= 4 is 0 Å². The number of ether oxygens (including phenoxy) is 1. The van der Waals surface area contributed by atoms with Crippen molar-refractivity contribution in [3.8, 4) is 11.6 Å². The first kappa shape index (κ1) is 16.6. The lowest BCUT2D eigenvalue weighted by Gasteiger charge is -2.17. The number of benzene rings is 1. The first-order valence-corrected chi connectivity index (χ1v) is 8.60. The van der Waals surface area contributed by atoms with Gasteiger partial charge in [0.2, 0.25) is 5.88 Å². The van der Waals surface area contributed by atoms with Gasteiger partial charge in [0.25, 0.3) is 5.56 Å². The standard InChI is InChI=1S/C19H24N2O3/c1-4-5-16-17(22)20-19(23)21(11-14-6-7-14)18(16)24-15-9-12(2)8-13(3)10-15/h8-10,14H,4-7,11H2,1-3H3,(H,20,22,23). The summed E-state index contributed by atoms with van der Waals surface area (Å²) in [5.74, 6) is 1.58. The number of rotatable bonds is 6. The van der Waals surface area contributed by atoms with Crippen LogP contribution in [0.15, 0.2) is 27.8 Å². The smallest absolute Gasteiger partial charge is 0.331 e. The van der Waals surface area contributed by atoms with Crippen molar-refractivity contribution in [2.45, 2.75) is 53.0 Å². The number of hydrogen-bond donors (Lipinski definition) is 1. The van der Waals surface area contributed by atoms with Gasteiger partial charge < -0.3 is 4.74 Å². The second-order valence-electron chi connectivity index (χ2n) is 6.77. The summed E-state index contributed by atoms with van der Waals surface area (Å²) in [6.07, 6.45) is 3.64. The molecule has 0 atom stereocenters. The van der Waals surface area contributed by atoms with E-state index in [0.717, 1.165) is 30.4 Å². The van der Waals surface area contributed by atoms with Crippen molar-refractivity contribution < 1.29 is 4.74 Å². The molecular weight excluding hydrogens is 304 g/mol. The summed E-state index contributed by atoms with van der Waals surface area (Å²) in [7, 11) is 0. The van der Waals surface area contributed by atoms with E-state index in [2.05, 4.69) is 11.1 Å². The van der Waals surface area contributed by atoms with Crippen LogP contribution in [-0.2, 0) is 13.0 Å². The fourth-order valence-corrected chi connectivity index (χ4v) is 3.01. The summed E-state index contributed by atoms with van der Waals surface area (Å²) in [5, 5.41) is 0. The molecule has 0 unspecified atom stereocenters. The SMILES string of the molecule is CCCc1c(Oc2cc(C)cc(C)c2)n(CC2CC2)c(=O)[nH]c1=O. The van der Waals surface area contributed by atoms with Crippen molar-refractivity contribution in [3.05, 3.63) is 55.7 Å². The third-order valence-electron chi connectivity index (χ3n) is 4.29. The largest absolute Gasteiger partial charge is 0.440 e. The first-order valence-electron chi connectivity index (χ1n) is 8.60. The van der Waals surface area contributed by atoms with Crippen LogP contribution in [0.5, 0.6) is 11.6 Å². The number of nitrogens with zero attached hydrogens (tertiary/aromatic N) is 1. The van der Waals surface area contributed by atoms with Crippen LogP contribution in [0.3, 0.4) is 0 Å². The Labute approximate surface area is 141 Å². The topological polar surface area (TPSA) is 64.1 Å². The molecule has 0 saturated heterocycles. The number of hydrogen-bond acceptors (Lipinski definition) is 3. The second-order valence-corrected chi connectivity index (χ2v) is 6.77. The monoisotopic (exact) mass is 328 g/mol. The molecule has 0 radical (unpaired) electrons. The van der Waals surface area contributed by atoms with Crippen molar-refractivity contribution in [1.29, 1.82) is 0 Å². The van der Waals surface area contributed by atoms with Gasteiger partial charge in [-0.2, -0.15) is 0 Å². The minimum absolute atomic E-state index is 0.340. The van der Waals surface area contributed by atoms with Crippen LogP contribution in [0.4, 0.5) is 0 Å². The molecule has 1 fully saturated rings. The molecule has 1 aromatic carbocycles. The minimum atomic E-state index is -0.383. The lowest BCUT2D eigenvalue weighted by molar-refractivity contribution is 0.396. The second kappa shape index (κ2) is 6.67. The van der Waals surface area contributed by atoms with Crippen LogP contribution >= 0.6 is 0 Å². The summed E-state index contributed by atoms with van der Waals surface area (Å²) in [4.78, 5) is 27.1. The molecule has 128 valence electrons. The Kier molecular flexibility index (Phi) is 4.60. The van der Waals surface area contributed by atoms with E-state index in [1.54, 1.807) is 4.57 Å². The van der Waals surface area contributed by atoms with Crippen LogP contribution in [-0.4, -0.2) is 9.55 Å². The molecule has 0 bridgehead atoms. The maximum absolute atomic E-state index is 12.3. The Morgan fingerprint density at radius 2 is 1.83 bits per heavy atom. The van der Waals surface area contributed by atoms with E-state index in [1.807, 2.05) is 32.9 Å². The quantitative estimate of drug-likeness (QED) is 0.885. The fourth-order valence-electron chi connectivity index (χ4n) is 3.01. The maximum Gasteiger partial charge on any atom is 0.331 e. The number of aromatic amines is 1. The van der Waals surface area contributed by atoms with Crippen LogP contribution < -0.4 is 16.0 Å². The summed E-state index contributed by atoms with van der Waals surface area (Å²) in [6, 6.07) is 5.92. The number of aromatic nitrogens is 2. The van der Waals surface area contributed by atoms with Crippen molar-refractivity contribution in [1.82, 2.24) is 9.55 Å². The molecule has 1 aliphatic rings. The van der Waals surface area contributed by atoms with Gasteiger partial charge in [-0.3, -0.25) is 14.3 Å². The predicted octanol–water partition coefficient (Wildman–Crippen LogP) is 3.31. The normalized spacial score (nSPS) is 14.0. The van der Waals surface area contributed by atoms with Gasteiger partial charge in [0.05, 0.1) is 5.56 Å². The third kappa shape index (κ3) is 3.61. The van der Waals surface area contributed by atoms with E-state index in [0.29, 0.717) is 36.1 Å². The van der Waals surface area contributed by atoms with Crippen molar-refractivity contribution in [2.24, 2.45) is 5.92 Å². The lowest BCUT2D eigenvalue weighted by Crippen LogP contribution is -2.33. The zero-order valence-corrected chi connectivity index (χ0v) is 14.5. The minimum Gasteiger partial charge on any atom is -0.440 e. The van der Waals surface area contributed by atoms with Gasteiger partial charge >= 0.3 is 5.69 Å². The Hall–Kier alpha value is -2.30. The Morgan fingerprint density at radius 3 is 2.42 bits per heavy atom. The lowest BCUT2D eigenvalue weighted by atomic mass is 10.1. The zero-order chi connectivity index (χ0) is 17.3. The Morgan fingerprint density at radius 1 is 1.17 bits per heavy atom. The summed E-state index contributed by atoms with van der Waals surface area (Å²) < 4.78 is 7.69. The fraction of sp³-hybridized carbons (Fsp3) is 0.474. The molecule has 5 heteroatoms. The summed E-state index contributed by atoms with van der Waals surface area (Å²) in [5.41, 5.74) is 2.00. The predicted molar refractivity (Wildman–Crippen MR) is 94.0 cm³/mol. The van der Waals surface area contributed by atoms with E-state index in [9.17, 15) is 9.59 Å². The average Bonchev–Trinajstić information content (AvgIpc) is 3.30. The van der Waals surface area contributed by atoms with E-state index < -0.39 is 0 Å². The highest BCUT2D eigenvalue weighted by molar-refractivity contribution is 5.37. The van der Waals surface area contributed by atoms with Crippen molar-refractivity contribution in [2.75, 3.05) is 0 Å². The van der Waals surface area contributed by atoms with E-state index in [4.69, 9.17) is 4.74 Å². The molecule has 1 N–H and O–H groups in total. The molecule has 3 rings (SSSR count). The molecule has 1 aromatic heterocycles. The van der Waals surface area contributed by atoms with Crippen LogP contribution in [0.25, 0.3) is 0 Å². The van der Waals surface area contributed by atoms with Gasteiger partial charge in [-0.25, -0.2) is 4.79 Å². The third-order valence-corrected chi connectivity index (χ3v) is 4.29. The van der Waals surface area contributed by atoms with Gasteiger partial charge in [-0.15, -0.1) is 0 Å². The van der Waals surface area contributed by atoms with Crippen LogP contribution in [0.2, 0.25) is 0 Å². The first-order chi connectivity index (χ1) is 11.5. The molecule has 0 aliphatic heterocycles. The molecule has 1 saturated carbocycles. The molecule has 1 aliphatic carbocycles. The highest BCUT2D eigenvalue weighted by atomic mass is 16.5. The molecule has 2 aromatic rings. The number of H-pyrrole nitrogens is 1. The Balaban J connectivity index is 2.11. The molecule has 0 spiro atoms. The highest BCUT2D eigenvalue weighted by Crippen LogP contribution is 2.33. The van der Waals surface area contributed by atoms with Gasteiger partial charge in [-0.05, 0) is 62.3 Å². The molecule has 24 heavy (non-hydrogen) atoms. The molecule has 5 nitrogen and oxygen atoms in total. The maximum atomic E-state index is 12.3. The van der Waals surface area contributed by atoms with E-state index in [1.165, 1.54) is 0 Å². The van der Waals surface area contributed by atoms with Gasteiger partial charge in [-0.1, -0.05) is 19.4 Å². The number of nitrogens with one attached hydrogen (secondary N) is 1. The van der Waals surface area contributed by atoms with Crippen molar-refractivity contribution in [3.63, 3.8) is 0 Å².